The molecule has 7 heteroatoms. The van der Waals surface area contributed by atoms with E-state index < -0.39 is 34.6 Å². The molecule has 0 spiro atoms. The first kappa shape index (κ1) is 17.0. The van der Waals surface area contributed by atoms with Gasteiger partial charge in [0.15, 0.2) is 11.6 Å². The van der Waals surface area contributed by atoms with Crippen molar-refractivity contribution in [3.8, 4) is 0 Å². The van der Waals surface area contributed by atoms with E-state index in [1.807, 2.05) is 0 Å². The summed E-state index contributed by atoms with van der Waals surface area (Å²) in [4.78, 5) is 24.8. The van der Waals surface area contributed by atoms with Crippen LogP contribution in [-0.2, 0) is 0 Å². The fourth-order valence-electron chi connectivity index (χ4n) is 1.89. The first-order valence-electron chi connectivity index (χ1n) is 6.43. The summed E-state index contributed by atoms with van der Waals surface area (Å²) in [6.45, 7) is 3.45. The molecule has 2 N–H and O–H groups in total. The molecule has 0 saturated carbocycles. The van der Waals surface area contributed by atoms with Crippen molar-refractivity contribution >= 4 is 11.9 Å². The molecule has 0 aliphatic rings. The molecule has 0 aliphatic carbocycles. The van der Waals surface area contributed by atoms with Crippen molar-refractivity contribution in [1.82, 2.24) is 4.90 Å². The maximum Gasteiger partial charge on any atom is 0.336 e. The van der Waals surface area contributed by atoms with Crippen LogP contribution in [0, 0.1) is 11.6 Å². The van der Waals surface area contributed by atoms with Gasteiger partial charge in [0.2, 0.25) is 0 Å². The van der Waals surface area contributed by atoms with Crippen LogP contribution in [0.4, 0.5) is 8.78 Å². The topological polar surface area (TPSA) is 77.8 Å². The molecule has 0 aromatic heterocycles. The van der Waals surface area contributed by atoms with E-state index in [1.165, 1.54) is 4.90 Å². The second-order valence-electron chi connectivity index (χ2n) is 4.79. The Morgan fingerprint density at radius 3 is 2.14 bits per heavy atom. The number of hydrogen-bond acceptors (Lipinski definition) is 3. The quantitative estimate of drug-likeness (QED) is 0.841. The summed E-state index contributed by atoms with van der Waals surface area (Å²) in [5, 5.41) is 17.9. The number of rotatable bonds is 6. The smallest absolute Gasteiger partial charge is 0.336 e. The van der Waals surface area contributed by atoms with E-state index >= 15 is 0 Å². The second-order valence-corrected chi connectivity index (χ2v) is 4.79. The van der Waals surface area contributed by atoms with Gasteiger partial charge in [-0.1, -0.05) is 0 Å². The van der Waals surface area contributed by atoms with Gasteiger partial charge in [-0.3, -0.25) is 4.79 Å². The van der Waals surface area contributed by atoms with Crippen LogP contribution < -0.4 is 0 Å². The molecule has 0 aliphatic heterocycles. The number of benzene rings is 1. The van der Waals surface area contributed by atoms with Crippen LogP contribution in [0.3, 0.4) is 0 Å². The minimum Gasteiger partial charge on any atom is -0.478 e. The van der Waals surface area contributed by atoms with Crippen molar-refractivity contribution in [2.75, 3.05) is 13.2 Å². The van der Waals surface area contributed by atoms with Gasteiger partial charge < -0.3 is 15.1 Å². The molecule has 0 saturated heterocycles. The molecule has 0 fully saturated rings. The normalized spacial score (nSPS) is 10.8. The van der Waals surface area contributed by atoms with E-state index in [1.54, 1.807) is 13.8 Å². The summed E-state index contributed by atoms with van der Waals surface area (Å²) in [6, 6.07) is 0.809. The maximum atomic E-state index is 13.3. The number of carbonyl (C=O) groups excluding carboxylic acids is 1. The molecule has 0 heterocycles. The van der Waals surface area contributed by atoms with Gasteiger partial charge in [-0.25, -0.2) is 13.6 Å². The minimum atomic E-state index is -1.51. The zero-order valence-corrected chi connectivity index (χ0v) is 11.8. The Kier molecular flexibility index (Phi) is 5.78. The molecule has 1 amide bonds. The summed E-state index contributed by atoms with van der Waals surface area (Å²) < 4.78 is 26.5. The average molecular weight is 301 g/mol. The molecule has 0 unspecified atom stereocenters. The number of carbonyl (C=O) groups is 2. The third-order valence-corrected chi connectivity index (χ3v) is 2.96. The third kappa shape index (κ3) is 3.98. The third-order valence-electron chi connectivity index (χ3n) is 2.96. The molecule has 5 nitrogen and oxygen atoms in total. The Hall–Kier alpha value is -2.02. The Labute approximate surface area is 120 Å². The summed E-state index contributed by atoms with van der Waals surface area (Å²) in [5.41, 5.74) is -0.999. The minimum absolute atomic E-state index is 0.139. The number of aliphatic hydroxyl groups is 1. The first-order valence-corrected chi connectivity index (χ1v) is 6.43. The molecular weight excluding hydrogens is 284 g/mol. The van der Waals surface area contributed by atoms with E-state index in [-0.39, 0.29) is 19.2 Å². The van der Waals surface area contributed by atoms with E-state index in [9.17, 15) is 18.4 Å². The van der Waals surface area contributed by atoms with Gasteiger partial charge >= 0.3 is 5.97 Å². The zero-order chi connectivity index (χ0) is 16.2. The van der Waals surface area contributed by atoms with Crippen LogP contribution in [0.15, 0.2) is 12.1 Å². The number of nitrogens with zero attached hydrogens (tertiary/aromatic N) is 1. The van der Waals surface area contributed by atoms with Gasteiger partial charge in [0.05, 0.1) is 11.1 Å². The predicted octanol–water partition coefficient (Wildman–Crippen LogP) is 1.90. The van der Waals surface area contributed by atoms with Gasteiger partial charge in [0.25, 0.3) is 5.91 Å². The molecule has 0 radical (unpaired) electrons. The number of carboxylic acids is 1. The fourth-order valence-corrected chi connectivity index (χ4v) is 1.89. The van der Waals surface area contributed by atoms with Crippen LogP contribution in [-0.4, -0.2) is 46.2 Å². The van der Waals surface area contributed by atoms with Crippen molar-refractivity contribution in [3.63, 3.8) is 0 Å². The van der Waals surface area contributed by atoms with Gasteiger partial charge in [-0.15, -0.1) is 0 Å². The maximum absolute atomic E-state index is 13.3. The predicted molar refractivity (Wildman–Crippen MR) is 71.2 cm³/mol. The van der Waals surface area contributed by atoms with Crippen molar-refractivity contribution in [3.05, 3.63) is 34.9 Å². The van der Waals surface area contributed by atoms with Gasteiger partial charge in [-0.2, -0.15) is 0 Å². The molecular formula is C14H17F2NO4. The largest absolute Gasteiger partial charge is 0.478 e. The summed E-state index contributed by atoms with van der Waals surface area (Å²) in [6.07, 6.45) is 0.302. The van der Waals surface area contributed by atoms with Crippen molar-refractivity contribution in [2.24, 2.45) is 0 Å². The van der Waals surface area contributed by atoms with Gasteiger partial charge in [-0.05, 0) is 32.4 Å². The molecule has 116 valence electrons. The Balaban J connectivity index is 3.26. The van der Waals surface area contributed by atoms with Crippen LogP contribution >= 0.6 is 0 Å². The zero-order valence-electron chi connectivity index (χ0n) is 11.8. The lowest BCUT2D eigenvalue weighted by atomic mass is 10.0. The number of carboxylic acid groups (broad SMARTS) is 1. The van der Waals surface area contributed by atoms with Crippen LogP contribution in [0.25, 0.3) is 0 Å². The Bertz CT molecular complexity index is 546. The van der Waals surface area contributed by atoms with E-state index in [0.717, 1.165) is 0 Å². The molecule has 0 atom stereocenters. The highest BCUT2D eigenvalue weighted by Gasteiger charge is 2.25. The average Bonchev–Trinajstić information content (AvgIpc) is 2.40. The van der Waals surface area contributed by atoms with Gasteiger partial charge in [0.1, 0.15) is 0 Å². The Morgan fingerprint density at radius 2 is 1.71 bits per heavy atom. The van der Waals surface area contributed by atoms with E-state index in [0.29, 0.717) is 18.6 Å². The highest BCUT2D eigenvalue weighted by Crippen LogP contribution is 2.18. The Morgan fingerprint density at radius 1 is 1.19 bits per heavy atom. The molecule has 1 aromatic rings. The molecule has 1 rings (SSSR count). The number of hydrogen-bond donors (Lipinski definition) is 2. The highest BCUT2D eigenvalue weighted by molar-refractivity contribution is 6.04. The summed E-state index contributed by atoms with van der Waals surface area (Å²) in [5.74, 6) is -4.83. The van der Waals surface area contributed by atoms with Crippen LogP contribution in [0.5, 0.6) is 0 Å². The SMILES string of the molecule is CC(C)N(CCCO)C(=O)c1cc(F)c(F)cc1C(=O)O. The molecule has 21 heavy (non-hydrogen) atoms. The van der Waals surface area contributed by atoms with E-state index in [2.05, 4.69) is 0 Å². The van der Waals surface area contributed by atoms with Crippen LogP contribution in [0.1, 0.15) is 41.0 Å². The summed E-state index contributed by atoms with van der Waals surface area (Å²) in [7, 11) is 0. The van der Waals surface area contributed by atoms with Crippen molar-refractivity contribution in [2.45, 2.75) is 26.3 Å². The lowest BCUT2D eigenvalue weighted by molar-refractivity contribution is 0.0650. The first-order chi connectivity index (χ1) is 9.79. The monoisotopic (exact) mass is 301 g/mol. The molecule has 0 bridgehead atoms. The van der Waals surface area contributed by atoms with Gasteiger partial charge in [0, 0.05) is 19.2 Å². The highest BCUT2D eigenvalue weighted by atomic mass is 19.2. The number of amides is 1. The van der Waals surface area contributed by atoms with Crippen molar-refractivity contribution < 1.29 is 28.6 Å². The fraction of sp³-hybridized carbons (Fsp3) is 0.429. The standard InChI is InChI=1S/C14H17F2NO4/c1-8(2)17(4-3-5-18)13(19)9-6-11(15)12(16)7-10(9)14(20)21/h6-8,18H,3-5H2,1-2H3,(H,20,21). The second kappa shape index (κ2) is 7.12. The lowest BCUT2D eigenvalue weighted by Gasteiger charge is -2.27. The molecule has 1 aromatic carbocycles. The van der Waals surface area contributed by atoms with Crippen LogP contribution in [0.2, 0.25) is 0 Å². The van der Waals surface area contributed by atoms with Crippen molar-refractivity contribution in [1.29, 1.82) is 0 Å². The number of aromatic carboxylic acids is 1. The lowest BCUT2D eigenvalue weighted by Crippen LogP contribution is -2.39. The summed E-state index contributed by atoms with van der Waals surface area (Å²) >= 11 is 0. The van der Waals surface area contributed by atoms with E-state index in [4.69, 9.17) is 10.2 Å². The number of aliphatic hydroxyl groups excluding tert-OH is 1. The number of halogens is 2.